The number of halogens is 3. The van der Waals surface area contributed by atoms with E-state index in [1.165, 1.54) is 0 Å². The molecule has 12 N–H and O–H groups in total. The Labute approximate surface area is 365 Å². The van der Waals surface area contributed by atoms with E-state index in [4.69, 9.17) is 37.9 Å². The zero-order valence-corrected chi connectivity index (χ0v) is 34.8. The molecule has 0 bridgehead atoms. The van der Waals surface area contributed by atoms with E-state index in [2.05, 4.69) is 0 Å². The van der Waals surface area contributed by atoms with E-state index in [1.807, 2.05) is 0 Å². The first-order valence-corrected chi connectivity index (χ1v) is 22.1. The van der Waals surface area contributed by atoms with Crippen LogP contribution in [0.2, 0.25) is 0 Å². The van der Waals surface area contributed by atoms with Crippen LogP contribution in [0, 0.1) is 23.7 Å². The molecule has 23 atom stereocenters. The molecule has 64 heavy (non-hydrogen) atoms. The third kappa shape index (κ3) is 11.2. The number of hydrogen-bond donors (Lipinski definition) is 12. The number of alkyl halides is 3. The summed E-state index contributed by atoms with van der Waals surface area (Å²) in [5, 5.41) is 129. The number of ether oxygens (including phenoxy) is 8. The zero-order chi connectivity index (χ0) is 46.4. The lowest BCUT2D eigenvalue weighted by molar-refractivity contribution is -0.376. The van der Waals surface area contributed by atoms with Crippen molar-refractivity contribution in [1.29, 1.82) is 0 Å². The van der Waals surface area contributed by atoms with Gasteiger partial charge in [-0.25, -0.2) is 0 Å². The highest BCUT2D eigenvalue weighted by atomic mass is 19.4. The van der Waals surface area contributed by atoms with Gasteiger partial charge in [0.25, 0.3) is 0 Å². The van der Waals surface area contributed by atoms with E-state index in [9.17, 15) is 79.2 Å². The molecule has 0 aromatic heterocycles. The summed E-state index contributed by atoms with van der Waals surface area (Å²) < 4.78 is 86.6. The van der Waals surface area contributed by atoms with Gasteiger partial charge < -0.3 is 99.2 Å². The summed E-state index contributed by atoms with van der Waals surface area (Å²) in [4.78, 5) is 12.8. The van der Waals surface area contributed by atoms with Gasteiger partial charge in [-0.3, -0.25) is 4.79 Å². The predicted molar refractivity (Wildman–Crippen MR) is 201 cm³/mol. The van der Waals surface area contributed by atoms with Crippen molar-refractivity contribution in [2.75, 3.05) is 19.8 Å². The van der Waals surface area contributed by atoms with Crippen LogP contribution in [0.5, 0.6) is 0 Å². The molecule has 4 saturated heterocycles. The normalized spacial score (nSPS) is 50.6. The lowest BCUT2D eigenvalue weighted by Gasteiger charge is -2.51. The summed E-state index contributed by atoms with van der Waals surface area (Å²) in [6, 6.07) is 0. The molecule has 4 heterocycles. The number of fused-ring (bicyclic) bond motifs is 1. The second kappa shape index (κ2) is 21.0. The second-order valence-electron chi connectivity index (χ2n) is 18.6. The molecule has 3 saturated carbocycles. The molecule has 4 aliphatic heterocycles. The minimum Gasteiger partial charge on any atom is -0.463 e. The maximum atomic E-state index is 13.1. The summed E-state index contributed by atoms with van der Waals surface area (Å²) in [5.74, 6) is -4.21. The highest BCUT2D eigenvalue weighted by Gasteiger charge is 2.55. The van der Waals surface area contributed by atoms with E-state index in [0.717, 1.165) is 0 Å². The first-order chi connectivity index (χ1) is 30.2. The van der Waals surface area contributed by atoms with E-state index in [-0.39, 0.29) is 57.8 Å². The molecular weight excluding hydrogens is 873 g/mol. The van der Waals surface area contributed by atoms with E-state index < -0.39 is 184 Å². The van der Waals surface area contributed by atoms with Gasteiger partial charge in [-0.2, -0.15) is 13.2 Å². The molecule has 0 radical (unpaired) electrons. The van der Waals surface area contributed by atoms with Crippen molar-refractivity contribution in [1.82, 2.24) is 0 Å². The third-order valence-corrected chi connectivity index (χ3v) is 14.2. The summed E-state index contributed by atoms with van der Waals surface area (Å²) >= 11 is 0. The summed E-state index contributed by atoms with van der Waals surface area (Å²) in [7, 11) is 0. The highest BCUT2D eigenvalue weighted by molar-refractivity contribution is 5.72. The minimum absolute atomic E-state index is 0.0493. The summed E-state index contributed by atoms with van der Waals surface area (Å²) in [6.07, 6.45) is -35.1. The van der Waals surface area contributed by atoms with E-state index >= 15 is 0 Å². The lowest BCUT2D eigenvalue weighted by atomic mass is 9.72. The Kier molecular flexibility index (Phi) is 16.5. The average Bonchev–Trinajstić information content (AvgIpc) is 3.25. The molecule has 7 aliphatic rings. The molecule has 24 heteroatoms. The lowest BCUT2D eigenvalue weighted by Crippen LogP contribution is -2.65. The van der Waals surface area contributed by atoms with Crippen LogP contribution in [0.15, 0.2) is 0 Å². The van der Waals surface area contributed by atoms with Gasteiger partial charge in [-0.15, -0.1) is 0 Å². The Morgan fingerprint density at radius 2 is 1.23 bits per heavy atom. The van der Waals surface area contributed by atoms with Crippen LogP contribution in [-0.4, -0.2) is 222 Å². The third-order valence-electron chi connectivity index (χ3n) is 14.2. The van der Waals surface area contributed by atoms with Gasteiger partial charge in [0.2, 0.25) is 0 Å². The molecule has 0 spiro atoms. The van der Waals surface area contributed by atoms with Crippen LogP contribution in [0.3, 0.4) is 0 Å². The second-order valence-corrected chi connectivity index (χ2v) is 18.6. The number of carbonyl (C=O) groups is 1. The van der Waals surface area contributed by atoms with Crippen LogP contribution in [0.4, 0.5) is 13.2 Å². The quantitative estimate of drug-likeness (QED) is 0.0884. The monoisotopic (exact) mass is 936 g/mol. The number of carbonyl (C=O) groups excluding carboxylic acids is 1. The van der Waals surface area contributed by atoms with Gasteiger partial charge in [0.1, 0.15) is 73.8 Å². The smallest absolute Gasteiger partial charge is 0.391 e. The number of rotatable bonds is 11. The number of esters is 1. The Balaban J connectivity index is 1.06. The van der Waals surface area contributed by atoms with Gasteiger partial charge in [0.05, 0.1) is 67.8 Å². The van der Waals surface area contributed by atoms with Crippen molar-refractivity contribution in [2.24, 2.45) is 23.7 Å². The molecule has 9 unspecified atom stereocenters. The Hall–Kier alpha value is -1.50. The average molecular weight is 937 g/mol. The maximum absolute atomic E-state index is 13.1. The van der Waals surface area contributed by atoms with Crippen molar-refractivity contribution in [3.63, 3.8) is 0 Å². The molecule has 21 nitrogen and oxygen atoms in total. The summed E-state index contributed by atoms with van der Waals surface area (Å²) in [6.45, 7) is -1.90. The van der Waals surface area contributed by atoms with Crippen molar-refractivity contribution in [2.45, 2.75) is 199 Å². The molecule has 7 fully saturated rings. The molecule has 3 aliphatic carbocycles. The fourth-order valence-electron chi connectivity index (χ4n) is 10.2. The SMILES string of the molecule is O=C(OC[C@H]1O[C@@H](OC[C@H]2O[C@@H](OC3CC4C(O)CC(O)CC4OC3C3CCC(O)C(O)C3)[C@H](O[C@@H]3OC[C@@H](O)[C@H](O)[C@H]3O)[C@@H](O)[C@H]2O)[C@H](O)[C@@H](O)[C@@H]1O)C1CCC(C(F)(F)F)CC1. The highest BCUT2D eigenvalue weighted by Crippen LogP contribution is 2.44. The van der Waals surface area contributed by atoms with Crippen molar-refractivity contribution in [3.05, 3.63) is 0 Å². The van der Waals surface area contributed by atoms with E-state index in [0.29, 0.717) is 6.42 Å². The number of hydrogen-bond acceptors (Lipinski definition) is 21. The topological polar surface area (TPSA) is 334 Å². The molecule has 0 amide bonds. The van der Waals surface area contributed by atoms with Crippen LogP contribution >= 0.6 is 0 Å². The van der Waals surface area contributed by atoms with Gasteiger partial charge in [-0.1, -0.05) is 0 Å². The minimum atomic E-state index is -4.39. The maximum Gasteiger partial charge on any atom is 0.391 e. The predicted octanol–water partition coefficient (Wildman–Crippen LogP) is -3.81. The van der Waals surface area contributed by atoms with Crippen LogP contribution in [0.1, 0.15) is 64.2 Å². The largest absolute Gasteiger partial charge is 0.463 e. The standard InChI is InChI=1S/C40H63F3O21/c41-40(42,43)16-4-1-14(2-5-16)36(56)57-12-25-28(50)30(52)33(55)37(62-25)59-13-26-29(51)31(53)35(64-38-32(54)27(49)22(48)11-58-38)39(63-26)61-24-10-18-20(46)8-17(44)9-23(18)60-34(24)15-3-6-19(45)21(47)7-15/h14-35,37-39,44-55H,1-13H2/t14?,15?,16?,17?,18?,19?,20?,21?,22-,23?,24?,25-,26-,27+,28-,29+,30+,31+,32-,33-,34?,35-,37-,38+,39-/m1/s1. The van der Waals surface area contributed by atoms with Gasteiger partial charge in [0, 0.05) is 5.92 Å². The zero-order valence-electron chi connectivity index (χ0n) is 34.8. The van der Waals surface area contributed by atoms with Crippen LogP contribution in [-0.2, 0) is 42.7 Å². The van der Waals surface area contributed by atoms with Gasteiger partial charge >= 0.3 is 12.1 Å². The van der Waals surface area contributed by atoms with Crippen LogP contribution < -0.4 is 0 Å². The Morgan fingerprint density at radius 1 is 0.578 bits per heavy atom. The Bertz CT molecular complexity index is 1510. The number of aliphatic hydroxyl groups excluding tert-OH is 12. The first kappa shape index (κ1) is 50.4. The fourth-order valence-corrected chi connectivity index (χ4v) is 10.2. The van der Waals surface area contributed by atoms with Crippen molar-refractivity contribution in [3.8, 4) is 0 Å². The molecule has 7 rings (SSSR count). The van der Waals surface area contributed by atoms with Gasteiger partial charge in [-0.05, 0) is 70.1 Å². The van der Waals surface area contributed by atoms with Crippen molar-refractivity contribution < 1.29 is 117 Å². The first-order valence-electron chi connectivity index (χ1n) is 22.1. The van der Waals surface area contributed by atoms with Crippen molar-refractivity contribution >= 4 is 5.97 Å². The van der Waals surface area contributed by atoms with Crippen LogP contribution in [0.25, 0.3) is 0 Å². The molecule has 0 aromatic rings. The number of aliphatic hydroxyl groups is 12. The fraction of sp³-hybridized carbons (Fsp3) is 0.975. The molecule has 370 valence electrons. The summed E-state index contributed by atoms with van der Waals surface area (Å²) in [5.41, 5.74) is 0. The van der Waals surface area contributed by atoms with Gasteiger partial charge in [0.15, 0.2) is 18.9 Å². The molecular formula is C40H63F3O21. The van der Waals surface area contributed by atoms with E-state index in [1.54, 1.807) is 0 Å². The Morgan fingerprint density at radius 3 is 1.92 bits per heavy atom. The molecule has 0 aromatic carbocycles.